The fraction of sp³-hybridized carbons (Fsp3) is 0.529. The van der Waals surface area contributed by atoms with E-state index >= 15 is 0 Å². The largest absolute Gasteiger partial charge is 0.352 e. The third kappa shape index (κ3) is 2.64. The van der Waals surface area contributed by atoms with Crippen molar-refractivity contribution in [2.75, 3.05) is 6.54 Å². The lowest BCUT2D eigenvalue weighted by Gasteiger charge is -2.12. The lowest BCUT2D eigenvalue weighted by molar-refractivity contribution is 0.0953. The van der Waals surface area contributed by atoms with Gasteiger partial charge < -0.3 is 5.32 Å². The molecule has 7 nitrogen and oxygen atoms in total. The van der Waals surface area contributed by atoms with Crippen molar-refractivity contribution in [2.24, 2.45) is 5.92 Å². The van der Waals surface area contributed by atoms with Crippen molar-refractivity contribution in [1.82, 2.24) is 19.9 Å². The van der Waals surface area contributed by atoms with E-state index in [4.69, 9.17) is 0 Å². The summed E-state index contributed by atoms with van der Waals surface area (Å²) >= 11 is 0. The summed E-state index contributed by atoms with van der Waals surface area (Å²) in [6.07, 6.45) is 4.34. The first kappa shape index (κ1) is 15.1. The van der Waals surface area contributed by atoms with Crippen molar-refractivity contribution in [3.05, 3.63) is 38.2 Å². The van der Waals surface area contributed by atoms with E-state index in [0.717, 1.165) is 31.4 Å². The summed E-state index contributed by atoms with van der Waals surface area (Å²) in [5.74, 6) is 0.615. The average Bonchev–Trinajstić information content (AvgIpc) is 3.45. The molecular formula is C17H20N4O3. The summed E-state index contributed by atoms with van der Waals surface area (Å²) in [5.41, 5.74) is 0.399. The monoisotopic (exact) mass is 328 g/mol. The van der Waals surface area contributed by atoms with Crippen LogP contribution in [-0.2, 0) is 6.54 Å². The van der Waals surface area contributed by atoms with Gasteiger partial charge in [0.15, 0.2) is 5.65 Å². The summed E-state index contributed by atoms with van der Waals surface area (Å²) in [6.45, 7) is 2.83. The summed E-state index contributed by atoms with van der Waals surface area (Å²) < 4.78 is 1.42. The molecule has 0 spiro atoms. The maximum absolute atomic E-state index is 12.6. The zero-order valence-corrected chi connectivity index (χ0v) is 13.6. The first-order valence-corrected chi connectivity index (χ1v) is 8.54. The molecule has 0 aliphatic heterocycles. The summed E-state index contributed by atoms with van der Waals surface area (Å²) in [6, 6.07) is 1.72. The van der Waals surface area contributed by atoms with Crippen LogP contribution in [-0.4, -0.2) is 27.0 Å². The van der Waals surface area contributed by atoms with Gasteiger partial charge in [-0.15, -0.1) is 0 Å². The van der Waals surface area contributed by atoms with Crippen LogP contribution in [0.15, 0.2) is 15.7 Å². The van der Waals surface area contributed by atoms with Crippen LogP contribution in [0.25, 0.3) is 11.0 Å². The van der Waals surface area contributed by atoms with Gasteiger partial charge in [-0.1, -0.05) is 0 Å². The van der Waals surface area contributed by atoms with E-state index in [2.05, 4.69) is 15.3 Å². The predicted molar refractivity (Wildman–Crippen MR) is 89.3 cm³/mol. The molecular weight excluding hydrogens is 308 g/mol. The number of hydrogen-bond acceptors (Lipinski definition) is 4. The Morgan fingerprint density at radius 2 is 2.08 bits per heavy atom. The number of carbonyl (C=O) groups excluding carboxylic acids is 1. The Morgan fingerprint density at radius 1 is 1.33 bits per heavy atom. The molecule has 0 unspecified atom stereocenters. The SMILES string of the molecule is CCn1c(=O)[nH]c(=O)c2c(C(=O)NCC3CC3)cc(C3CC3)nc21. The van der Waals surface area contributed by atoms with Gasteiger partial charge in [-0.25, -0.2) is 9.78 Å². The molecule has 24 heavy (non-hydrogen) atoms. The van der Waals surface area contributed by atoms with E-state index in [-0.39, 0.29) is 11.3 Å². The highest BCUT2D eigenvalue weighted by Gasteiger charge is 2.29. The lowest BCUT2D eigenvalue weighted by atomic mass is 10.1. The van der Waals surface area contributed by atoms with E-state index in [1.54, 1.807) is 6.07 Å². The molecule has 0 bridgehead atoms. The molecule has 0 radical (unpaired) electrons. The molecule has 4 rings (SSSR count). The summed E-state index contributed by atoms with van der Waals surface area (Å²) in [4.78, 5) is 43.9. The van der Waals surface area contributed by atoms with Gasteiger partial charge in [0.25, 0.3) is 11.5 Å². The van der Waals surface area contributed by atoms with Gasteiger partial charge in [0.05, 0.1) is 10.9 Å². The Balaban J connectivity index is 1.90. The van der Waals surface area contributed by atoms with Gasteiger partial charge in [0, 0.05) is 24.7 Å². The van der Waals surface area contributed by atoms with Crippen molar-refractivity contribution in [2.45, 2.75) is 45.1 Å². The maximum atomic E-state index is 12.6. The first-order chi connectivity index (χ1) is 11.6. The number of aromatic nitrogens is 3. The number of rotatable bonds is 5. The number of carbonyl (C=O) groups is 1. The molecule has 2 saturated carbocycles. The van der Waals surface area contributed by atoms with Gasteiger partial charge >= 0.3 is 5.69 Å². The fourth-order valence-electron chi connectivity index (χ4n) is 3.01. The molecule has 2 fully saturated rings. The van der Waals surface area contributed by atoms with Gasteiger partial charge in [-0.05, 0) is 44.6 Å². The third-order valence-corrected chi connectivity index (χ3v) is 4.77. The second kappa shape index (κ2) is 5.58. The van der Waals surface area contributed by atoms with Gasteiger partial charge in [-0.2, -0.15) is 0 Å². The molecule has 2 aromatic heterocycles. The number of hydrogen-bond donors (Lipinski definition) is 2. The number of nitrogens with one attached hydrogen (secondary N) is 2. The Morgan fingerprint density at radius 3 is 2.71 bits per heavy atom. The van der Waals surface area contributed by atoms with E-state index in [0.29, 0.717) is 36.1 Å². The van der Waals surface area contributed by atoms with Crippen molar-refractivity contribution >= 4 is 16.9 Å². The Labute approximate surface area is 138 Å². The molecule has 2 N–H and O–H groups in total. The molecule has 126 valence electrons. The van der Waals surface area contributed by atoms with E-state index in [1.807, 2.05) is 6.92 Å². The minimum Gasteiger partial charge on any atom is -0.352 e. The van der Waals surface area contributed by atoms with E-state index in [1.165, 1.54) is 4.57 Å². The number of amides is 1. The summed E-state index contributed by atoms with van der Waals surface area (Å²) in [7, 11) is 0. The molecule has 7 heteroatoms. The van der Waals surface area contributed by atoms with Crippen LogP contribution in [0, 0.1) is 5.92 Å². The van der Waals surface area contributed by atoms with Crippen LogP contribution < -0.4 is 16.6 Å². The van der Waals surface area contributed by atoms with E-state index < -0.39 is 11.2 Å². The van der Waals surface area contributed by atoms with Gasteiger partial charge in [0.2, 0.25) is 0 Å². The van der Waals surface area contributed by atoms with Gasteiger partial charge in [-0.3, -0.25) is 19.1 Å². The molecule has 2 aromatic rings. The molecule has 1 amide bonds. The lowest BCUT2D eigenvalue weighted by Crippen LogP contribution is -2.33. The zero-order valence-electron chi connectivity index (χ0n) is 13.6. The summed E-state index contributed by atoms with van der Waals surface area (Å²) in [5, 5.41) is 3.11. The number of pyridine rings is 1. The molecule has 2 aliphatic rings. The highest BCUT2D eigenvalue weighted by Crippen LogP contribution is 2.39. The fourth-order valence-corrected chi connectivity index (χ4v) is 3.01. The molecule has 0 atom stereocenters. The minimum absolute atomic E-state index is 0.203. The van der Waals surface area contributed by atoms with Crippen LogP contribution in [0.2, 0.25) is 0 Å². The minimum atomic E-state index is -0.550. The number of nitrogens with zero attached hydrogens (tertiary/aromatic N) is 2. The zero-order chi connectivity index (χ0) is 16.8. The van der Waals surface area contributed by atoms with Crippen molar-refractivity contribution in [1.29, 1.82) is 0 Å². The topological polar surface area (TPSA) is 96.9 Å². The van der Waals surface area contributed by atoms with Crippen LogP contribution in [0.5, 0.6) is 0 Å². The van der Waals surface area contributed by atoms with E-state index in [9.17, 15) is 14.4 Å². The number of aryl methyl sites for hydroxylation is 1. The Bertz CT molecular complexity index is 935. The highest BCUT2D eigenvalue weighted by molar-refractivity contribution is 6.05. The molecule has 0 aromatic carbocycles. The normalized spacial score (nSPS) is 17.2. The highest BCUT2D eigenvalue weighted by atomic mass is 16.2. The first-order valence-electron chi connectivity index (χ1n) is 8.54. The van der Waals surface area contributed by atoms with Crippen molar-refractivity contribution in [3.63, 3.8) is 0 Å². The van der Waals surface area contributed by atoms with Crippen molar-refractivity contribution in [3.8, 4) is 0 Å². The van der Waals surface area contributed by atoms with Crippen molar-refractivity contribution < 1.29 is 4.79 Å². The third-order valence-electron chi connectivity index (χ3n) is 4.77. The molecule has 2 heterocycles. The van der Waals surface area contributed by atoms with Crippen LogP contribution in [0.4, 0.5) is 0 Å². The predicted octanol–water partition coefficient (Wildman–Crippen LogP) is 1.12. The van der Waals surface area contributed by atoms with Gasteiger partial charge in [0.1, 0.15) is 0 Å². The van der Waals surface area contributed by atoms with Crippen LogP contribution in [0.1, 0.15) is 54.6 Å². The Hall–Kier alpha value is -2.44. The Kier molecular flexibility index (Phi) is 3.51. The van der Waals surface area contributed by atoms with Crippen LogP contribution in [0.3, 0.4) is 0 Å². The molecule has 0 saturated heterocycles. The molecule has 2 aliphatic carbocycles. The number of H-pyrrole nitrogens is 1. The van der Waals surface area contributed by atoms with Crippen LogP contribution >= 0.6 is 0 Å². The standard InChI is InChI=1S/C17H20N4O3/c1-2-21-14-13(16(23)20-17(21)24)11(7-12(19-14)10-5-6-10)15(22)18-8-9-3-4-9/h7,9-10H,2-6,8H2,1H3,(H,18,22)(H,20,23,24). The average molecular weight is 328 g/mol. The smallest absolute Gasteiger partial charge is 0.329 e. The quantitative estimate of drug-likeness (QED) is 0.859. The number of fused-ring (bicyclic) bond motifs is 1. The maximum Gasteiger partial charge on any atom is 0.329 e. The number of aromatic amines is 1. The second-order valence-electron chi connectivity index (χ2n) is 6.72. The second-order valence-corrected chi connectivity index (χ2v) is 6.72.